The summed E-state index contributed by atoms with van der Waals surface area (Å²) in [5.74, 6) is 0.879. The van der Waals surface area contributed by atoms with E-state index in [1.807, 2.05) is 12.3 Å². The molecule has 0 saturated carbocycles. The van der Waals surface area contributed by atoms with Gasteiger partial charge in [-0.25, -0.2) is 4.98 Å². The van der Waals surface area contributed by atoms with Crippen LogP contribution in [0.5, 0.6) is 0 Å². The predicted molar refractivity (Wildman–Crippen MR) is 83.6 cm³/mol. The van der Waals surface area contributed by atoms with Gasteiger partial charge in [-0.1, -0.05) is 18.2 Å². The second-order valence-electron chi connectivity index (χ2n) is 4.37. The number of hydrogen-bond acceptors (Lipinski definition) is 2. The van der Waals surface area contributed by atoms with E-state index >= 15 is 0 Å². The van der Waals surface area contributed by atoms with Crippen molar-refractivity contribution in [2.75, 3.05) is 0 Å². The van der Waals surface area contributed by atoms with Crippen molar-refractivity contribution in [3.63, 3.8) is 0 Å². The summed E-state index contributed by atoms with van der Waals surface area (Å²) in [6.45, 7) is 2.09. The molecule has 19 heavy (non-hydrogen) atoms. The maximum absolute atomic E-state index is 4.68. The van der Waals surface area contributed by atoms with Gasteiger partial charge in [0.2, 0.25) is 0 Å². The van der Waals surface area contributed by atoms with Gasteiger partial charge >= 0.3 is 0 Å². The third-order valence-electron chi connectivity index (χ3n) is 2.94. The van der Waals surface area contributed by atoms with Crippen LogP contribution in [0.3, 0.4) is 0 Å². The van der Waals surface area contributed by atoms with Crippen LogP contribution in [0.2, 0.25) is 0 Å². The van der Waals surface area contributed by atoms with Crippen molar-refractivity contribution in [3.05, 3.63) is 64.5 Å². The van der Waals surface area contributed by atoms with Crippen LogP contribution in [0, 0.1) is 6.92 Å². The Labute approximate surface area is 125 Å². The molecule has 0 aliphatic heterocycles. The molecule has 0 bridgehead atoms. The van der Waals surface area contributed by atoms with Gasteiger partial charge in [0.15, 0.2) is 0 Å². The van der Waals surface area contributed by atoms with E-state index in [2.05, 4.69) is 68.8 Å². The average Bonchev–Trinajstić information content (AvgIpc) is 2.82. The number of thioether (sulfide) groups is 1. The van der Waals surface area contributed by atoms with Crippen molar-refractivity contribution in [1.29, 1.82) is 0 Å². The lowest BCUT2D eigenvalue weighted by atomic mass is 10.3. The number of aryl methyl sites for hydroxylation is 1. The number of halogens is 1. The average molecular weight is 333 g/mol. The SMILES string of the molecule is Cc1cccn2cc(CSc3ccccc3Br)nc12. The summed E-state index contributed by atoms with van der Waals surface area (Å²) in [6.07, 6.45) is 4.15. The van der Waals surface area contributed by atoms with Crippen LogP contribution >= 0.6 is 27.7 Å². The van der Waals surface area contributed by atoms with Crippen molar-refractivity contribution < 1.29 is 0 Å². The van der Waals surface area contributed by atoms with E-state index in [1.54, 1.807) is 11.8 Å². The van der Waals surface area contributed by atoms with Crippen molar-refractivity contribution in [1.82, 2.24) is 9.38 Å². The Morgan fingerprint density at radius 2 is 2.05 bits per heavy atom. The van der Waals surface area contributed by atoms with E-state index in [9.17, 15) is 0 Å². The number of pyridine rings is 1. The first-order valence-corrected chi connectivity index (χ1v) is 7.82. The Morgan fingerprint density at radius 3 is 2.84 bits per heavy atom. The summed E-state index contributed by atoms with van der Waals surface area (Å²) in [6, 6.07) is 12.4. The fraction of sp³-hybridized carbons (Fsp3) is 0.133. The maximum atomic E-state index is 4.68. The number of rotatable bonds is 3. The minimum absolute atomic E-state index is 0.879. The van der Waals surface area contributed by atoms with Gasteiger partial charge in [-0.15, -0.1) is 11.8 Å². The molecule has 0 aliphatic rings. The largest absolute Gasteiger partial charge is 0.307 e. The number of hydrogen-bond donors (Lipinski definition) is 0. The summed E-state index contributed by atoms with van der Waals surface area (Å²) in [5.41, 5.74) is 3.36. The molecule has 0 aliphatic carbocycles. The Balaban J connectivity index is 1.83. The summed E-state index contributed by atoms with van der Waals surface area (Å²) in [5, 5.41) is 0. The van der Waals surface area contributed by atoms with E-state index in [4.69, 9.17) is 0 Å². The van der Waals surface area contributed by atoms with Crippen LogP contribution in [-0.4, -0.2) is 9.38 Å². The monoisotopic (exact) mass is 332 g/mol. The van der Waals surface area contributed by atoms with Gasteiger partial charge in [0.1, 0.15) is 5.65 Å². The van der Waals surface area contributed by atoms with Gasteiger partial charge in [0.25, 0.3) is 0 Å². The molecule has 0 atom stereocenters. The third kappa shape index (κ3) is 2.69. The number of benzene rings is 1. The molecule has 96 valence electrons. The van der Waals surface area contributed by atoms with Crippen LogP contribution in [0.25, 0.3) is 5.65 Å². The van der Waals surface area contributed by atoms with E-state index in [-0.39, 0.29) is 0 Å². The zero-order valence-electron chi connectivity index (χ0n) is 10.5. The standard InChI is InChI=1S/C15H13BrN2S/c1-11-5-4-8-18-9-12(17-15(11)18)10-19-14-7-3-2-6-13(14)16/h2-9H,10H2,1H3. The van der Waals surface area contributed by atoms with E-state index in [0.717, 1.165) is 21.6 Å². The molecule has 2 heterocycles. The van der Waals surface area contributed by atoms with Crippen LogP contribution in [0.4, 0.5) is 0 Å². The minimum atomic E-state index is 0.879. The molecule has 1 aromatic carbocycles. The van der Waals surface area contributed by atoms with Crippen molar-refractivity contribution in [3.8, 4) is 0 Å². The van der Waals surface area contributed by atoms with Crippen LogP contribution in [0.1, 0.15) is 11.3 Å². The smallest absolute Gasteiger partial charge is 0.139 e. The Kier molecular flexibility index (Phi) is 3.62. The Morgan fingerprint density at radius 1 is 1.21 bits per heavy atom. The molecule has 0 amide bonds. The van der Waals surface area contributed by atoms with Crippen molar-refractivity contribution in [2.24, 2.45) is 0 Å². The fourth-order valence-corrected chi connectivity index (χ4v) is 3.44. The first-order chi connectivity index (χ1) is 9.24. The highest BCUT2D eigenvalue weighted by Crippen LogP contribution is 2.29. The van der Waals surface area contributed by atoms with Gasteiger partial charge in [-0.2, -0.15) is 0 Å². The molecule has 3 rings (SSSR count). The molecule has 2 nitrogen and oxygen atoms in total. The second-order valence-corrected chi connectivity index (χ2v) is 6.24. The molecule has 0 N–H and O–H groups in total. The molecule has 2 aromatic heterocycles. The summed E-state index contributed by atoms with van der Waals surface area (Å²) in [7, 11) is 0. The molecule has 0 radical (unpaired) electrons. The number of aromatic nitrogens is 2. The van der Waals surface area contributed by atoms with E-state index in [0.29, 0.717) is 0 Å². The summed E-state index contributed by atoms with van der Waals surface area (Å²) < 4.78 is 3.23. The zero-order chi connectivity index (χ0) is 13.2. The normalized spacial score (nSPS) is 11.1. The van der Waals surface area contributed by atoms with E-state index < -0.39 is 0 Å². The first-order valence-electron chi connectivity index (χ1n) is 6.04. The zero-order valence-corrected chi connectivity index (χ0v) is 12.9. The van der Waals surface area contributed by atoms with Gasteiger partial charge < -0.3 is 4.40 Å². The highest BCUT2D eigenvalue weighted by molar-refractivity contribution is 9.10. The molecular formula is C15H13BrN2S. The number of fused-ring (bicyclic) bond motifs is 1. The lowest BCUT2D eigenvalue weighted by Gasteiger charge is -2.01. The topological polar surface area (TPSA) is 17.3 Å². The lowest BCUT2D eigenvalue weighted by molar-refractivity contribution is 1.16. The second kappa shape index (κ2) is 5.39. The molecule has 0 fully saturated rings. The van der Waals surface area contributed by atoms with Crippen LogP contribution in [0.15, 0.2) is 58.2 Å². The predicted octanol–water partition coefficient (Wildman–Crippen LogP) is 4.70. The van der Waals surface area contributed by atoms with Crippen LogP contribution in [-0.2, 0) is 5.75 Å². The highest BCUT2D eigenvalue weighted by atomic mass is 79.9. The van der Waals surface area contributed by atoms with Gasteiger partial charge in [0, 0.05) is 27.5 Å². The summed E-state index contributed by atoms with van der Waals surface area (Å²) in [4.78, 5) is 5.93. The van der Waals surface area contributed by atoms with Crippen molar-refractivity contribution in [2.45, 2.75) is 17.6 Å². The van der Waals surface area contributed by atoms with Gasteiger partial charge in [0.05, 0.1) is 5.69 Å². The molecular weight excluding hydrogens is 320 g/mol. The third-order valence-corrected chi connectivity index (χ3v) is 5.00. The minimum Gasteiger partial charge on any atom is -0.307 e. The molecule has 3 aromatic rings. The first kappa shape index (κ1) is 12.8. The number of nitrogens with zero attached hydrogens (tertiary/aromatic N) is 2. The maximum Gasteiger partial charge on any atom is 0.139 e. The summed E-state index contributed by atoms with van der Waals surface area (Å²) >= 11 is 5.37. The Hall–Kier alpha value is -1.26. The quantitative estimate of drug-likeness (QED) is 0.647. The van der Waals surface area contributed by atoms with Gasteiger partial charge in [-0.3, -0.25) is 0 Å². The molecule has 0 saturated heterocycles. The molecule has 4 heteroatoms. The molecule has 0 spiro atoms. The van der Waals surface area contributed by atoms with Gasteiger partial charge in [-0.05, 0) is 46.6 Å². The lowest BCUT2D eigenvalue weighted by Crippen LogP contribution is -1.84. The van der Waals surface area contributed by atoms with Crippen LogP contribution < -0.4 is 0 Å². The molecule has 0 unspecified atom stereocenters. The van der Waals surface area contributed by atoms with Crippen molar-refractivity contribution >= 4 is 33.3 Å². The fourth-order valence-electron chi connectivity index (χ4n) is 1.99. The van der Waals surface area contributed by atoms with E-state index in [1.165, 1.54) is 10.5 Å². The highest BCUT2D eigenvalue weighted by Gasteiger charge is 2.05. The number of imidazole rings is 1. The Bertz CT molecular complexity index is 721.